The average molecular weight is 314 g/mol. The molecule has 1 fully saturated rings. The van der Waals surface area contributed by atoms with Gasteiger partial charge in [0.05, 0.1) is 11.5 Å². The summed E-state index contributed by atoms with van der Waals surface area (Å²) in [6.45, 7) is 2.19. The lowest BCUT2D eigenvalue weighted by Crippen LogP contribution is -2.13. The Hall–Kier alpha value is -0.520. The first-order valence-corrected chi connectivity index (χ1v) is 9.61. The van der Waals surface area contributed by atoms with Crippen LogP contribution in [0.5, 0.6) is 0 Å². The second kappa shape index (κ2) is 7.48. The fraction of sp³-hybridized carbons (Fsp3) is 0.600. The van der Waals surface area contributed by atoms with Crippen LogP contribution in [0.2, 0.25) is 0 Å². The fourth-order valence-corrected chi connectivity index (χ4v) is 4.56. The Morgan fingerprint density at radius 1 is 1.15 bits per heavy atom. The maximum atomic E-state index is 12.0. The zero-order valence-corrected chi connectivity index (χ0v) is 13.5. The number of rotatable bonds is 6. The molecule has 5 heteroatoms. The van der Waals surface area contributed by atoms with E-state index >= 15 is 0 Å². The van der Waals surface area contributed by atoms with Crippen molar-refractivity contribution in [3.63, 3.8) is 0 Å². The smallest absolute Gasteiger partial charge is 0.266 e. The van der Waals surface area contributed by atoms with Crippen molar-refractivity contribution in [1.29, 1.82) is 0 Å². The van der Waals surface area contributed by atoms with Gasteiger partial charge in [-0.05, 0) is 31.9 Å². The quantitative estimate of drug-likeness (QED) is 0.592. The van der Waals surface area contributed by atoms with Crippen molar-refractivity contribution in [2.75, 3.05) is 12.4 Å². The molecule has 0 N–H and O–H groups in total. The van der Waals surface area contributed by atoms with Crippen LogP contribution in [0.25, 0.3) is 0 Å². The zero-order valence-electron chi connectivity index (χ0n) is 11.9. The van der Waals surface area contributed by atoms with E-state index < -0.39 is 10.1 Å². The molecule has 2 rings (SSSR count). The Balaban J connectivity index is 1.76. The molecule has 0 unspecified atom stereocenters. The third-order valence-corrected chi connectivity index (χ3v) is 6.21. The molecule has 0 radical (unpaired) electrons. The summed E-state index contributed by atoms with van der Waals surface area (Å²) in [4.78, 5) is 0.241. The van der Waals surface area contributed by atoms with Crippen LogP contribution in [0.3, 0.4) is 0 Å². The highest BCUT2D eigenvalue weighted by molar-refractivity contribution is 7.99. The van der Waals surface area contributed by atoms with E-state index in [1.807, 2.05) is 18.7 Å². The van der Waals surface area contributed by atoms with Gasteiger partial charge < -0.3 is 0 Å². The van der Waals surface area contributed by atoms with Crippen LogP contribution in [0.4, 0.5) is 0 Å². The van der Waals surface area contributed by atoms with Crippen LogP contribution < -0.4 is 0 Å². The zero-order chi connectivity index (χ0) is 14.4. The summed E-state index contributed by atoms with van der Waals surface area (Å²) < 4.78 is 29.0. The van der Waals surface area contributed by atoms with Crippen molar-refractivity contribution in [3.05, 3.63) is 29.8 Å². The summed E-state index contributed by atoms with van der Waals surface area (Å²) in [5.74, 6) is 0.746. The second-order valence-corrected chi connectivity index (χ2v) is 8.24. The SMILES string of the molecule is Cc1ccc(S(=O)(=O)OCCSC2CCCCC2)cc1. The third kappa shape index (κ3) is 4.79. The Morgan fingerprint density at radius 3 is 2.45 bits per heavy atom. The maximum absolute atomic E-state index is 12.0. The van der Waals surface area contributed by atoms with Gasteiger partial charge in [-0.3, -0.25) is 4.18 Å². The third-order valence-electron chi connectivity index (χ3n) is 3.54. The van der Waals surface area contributed by atoms with Crippen LogP contribution in [0.1, 0.15) is 37.7 Å². The van der Waals surface area contributed by atoms with E-state index in [9.17, 15) is 8.42 Å². The summed E-state index contributed by atoms with van der Waals surface area (Å²) in [6, 6.07) is 6.76. The lowest BCUT2D eigenvalue weighted by Gasteiger charge is -2.20. The van der Waals surface area contributed by atoms with Crippen molar-refractivity contribution in [2.45, 2.75) is 49.2 Å². The normalized spacial score (nSPS) is 17.2. The van der Waals surface area contributed by atoms with E-state index in [0.717, 1.165) is 11.3 Å². The molecule has 0 atom stereocenters. The minimum atomic E-state index is -3.59. The number of hydrogen-bond acceptors (Lipinski definition) is 4. The van der Waals surface area contributed by atoms with E-state index in [4.69, 9.17) is 4.18 Å². The van der Waals surface area contributed by atoms with Crippen LogP contribution in [-0.4, -0.2) is 26.0 Å². The van der Waals surface area contributed by atoms with Gasteiger partial charge in [0.15, 0.2) is 0 Å². The highest BCUT2D eigenvalue weighted by Crippen LogP contribution is 2.28. The van der Waals surface area contributed by atoms with Crippen LogP contribution in [-0.2, 0) is 14.3 Å². The maximum Gasteiger partial charge on any atom is 0.296 e. The molecule has 0 spiro atoms. The topological polar surface area (TPSA) is 43.4 Å². The molecule has 112 valence electrons. The highest BCUT2D eigenvalue weighted by atomic mass is 32.2. The van der Waals surface area contributed by atoms with Crippen molar-refractivity contribution in [2.24, 2.45) is 0 Å². The molecule has 0 amide bonds. The van der Waals surface area contributed by atoms with Gasteiger partial charge in [0.1, 0.15) is 0 Å². The van der Waals surface area contributed by atoms with Gasteiger partial charge in [0.25, 0.3) is 10.1 Å². The minimum absolute atomic E-state index is 0.241. The van der Waals surface area contributed by atoms with Gasteiger partial charge >= 0.3 is 0 Å². The van der Waals surface area contributed by atoms with E-state index in [1.165, 1.54) is 32.1 Å². The second-order valence-electron chi connectivity index (χ2n) is 5.22. The summed E-state index contributed by atoms with van der Waals surface area (Å²) in [5, 5.41) is 0.689. The first kappa shape index (κ1) is 15.9. The molecular weight excluding hydrogens is 292 g/mol. The first-order chi connectivity index (χ1) is 9.58. The molecule has 0 aliphatic heterocycles. The van der Waals surface area contributed by atoms with Crippen molar-refractivity contribution < 1.29 is 12.6 Å². The van der Waals surface area contributed by atoms with E-state index in [2.05, 4.69) is 0 Å². The molecule has 1 aliphatic carbocycles. The monoisotopic (exact) mass is 314 g/mol. The largest absolute Gasteiger partial charge is 0.296 e. The number of hydrogen-bond donors (Lipinski definition) is 0. The predicted molar refractivity (Wildman–Crippen MR) is 83.6 cm³/mol. The van der Waals surface area contributed by atoms with Gasteiger partial charge in [0.2, 0.25) is 0 Å². The van der Waals surface area contributed by atoms with Crippen LogP contribution in [0.15, 0.2) is 29.2 Å². The molecule has 1 aliphatic rings. The van der Waals surface area contributed by atoms with Gasteiger partial charge in [-0.25, -0.2) is 0 Å². The van der Waals surface area contributed by atoms with Gasteiger partial charge in [-0.2, -0.15) is 20.2 Å². The number of thioether (sulfide) groups is 1. The van der Waals surface area contributed by atoms with Crippen LogP contribution >= 0.6 is 11.8 Å². The molecule has 3 nitrogen and oxygen atoms in total. The minimum Gasteiger partial charge on any atom is -0.266 e. The van der Waals surface area contributed by atoms with E-state index in [-0.39, 0.29) is 11.5 Å². The molecule has 20 heavy (non-hydrogen) atoms. The molecule has 0 aromatic heterocycles. The average Bonchev–Trinajstić information content (AvgIpc) is 2.45. The van der Waals surface area contributed by atoms with Crippen molar-refractivity contribution in [3.8, 4) is 0 Å². The molecule has 0 saturated heterocycles. The van der Waals surface area contributed by atoms with Gasteiger partial charge in [-0.1, -0.05) is 37.0 Å². The van der Waals surface area contributed by atoms with E-state index in [1.54, 1.807) is 24.3 Å². The Bertz CT molecular complexity index is 502. The highest BCUT2D eigenvalue weighted by Gasteiger charge is 2.16. The summed E-state index contributed by atoms with van der Waals surface area (Å²) in [5.41, 5.74) is 1.04. The fourth-order valence-electron chi connectivity index (χ4n) is 2.36. The molecular formula is C15H22O3S2. The Morgan fingerprint density at radius 2 is 1.80 bits per heavy atom. The Labute approximate surface area is 126 Å². The summed E-state index contributed by atoms with van der Waals surface area (Å²) >= 11 is 1.85. The predicted octanol–water partition coefficient (Wildman–Crippen LogP) is 3.77. The molecule has 0 heterocycles. The van der Waals surface area contributed by atoms with Crippen molar-refractivity contribution >= 4 is 21.9 Å². The standard InChI is InChI=1S/C15H22O3S2/c1-13-7-9-15(10-8-13)20(16,17)18-11-12-19-14-5-3-2-4-6-14/h7-10,14H,2-6,11-12H2,1H3. The molecule has 0 bridgehead atoms. The first-order valence-electron chi connectivity index (χ1n) is 7.16. The van der Waals surface area contributed by atoms with Crippen LogP contribution in [0, 0.1) is 6.92 Å². The summed E-state index contributed by atoms with van der Waals surface area (Å²) in [6.07, 6.45) is 6.47. The van der Waals surface area contributed by atoms with Gasteiger partial charge in [-0.15, -0.1) is 0 Å². The molecule has 1 aromatic rings. The van der Waals surface area contributed by atoms with Crippen molar-refractivity contribution in [1.82, 2.24) is 0 Å². The van der Waals surface area contributed by atoms with E-state index in [0.29, 0.717) is 5.25 Å². The number of benzene rings is 1. The number of aryl methyl sites for hydroxylation is 1. The lowest BCUT2D eigenvalue weighted by atomic mass is 10.0. The molecule has 1 saturated carbocycles. The Kier molecular flexibility index (Phi) is 5.93. The molecule has 1 aromatic carbocycles. The summed E-state index contributed by atoms with van der Waals surface area (Å²) in [7, 11) is -3.59. The van der Waals surface area contributed by atoms with Gasteiger partial charge in [0, 0.05) is 11.0 Å². The lowest BCUT2D eigenvalue weighted by molar-refractivity contribution is 0.341.